The van der Waals surface area contributed by atoms with Gasteiger partial charge in [0.2, 0.25) is 11.8 Å². The Kier molecular flexibility index (Phi) is 12.1. The van der Waals surface area contributed by atoms with Gasteiger partial charge in [0, 0.05) is 12.1 Å². The van der Waals surface area contributed by atoms with Gasteiger partial charge in [0.15, 0.2) is 0 Å². The van der Waals surface area contributed by atoms with Gasteiger partial charge >= 0.3 is 0 Å². The molecule has 0 saturated heterocycles. The van der Waals surface area contributed by atoms with Crippen LogP contribution in [0.4, 0.5) is 0 Å². The van der Waals surface area contributed by atoms with E-state index in [-0.39, 0.29) is 5.75 Å². The summed E-state index contributed by atoms with van der Waals surface area (Å²) in [7, 11) is 4.68. The minimum Gasteiger partial charge on any atom is -0.506 e. The standard InChI is InChI=1S/C7H8BrNO2.C6H6BrNO2.CH3I/c1-10-5-3-6(8)7(11-2)9-4-5;1-10-6-5(7)2-4(9)3-8-6;1-2/h3-4H,1-2H3;2-3,9H,1H3;1H3. The largest absolute Gasteiger partial charge is 0.506 e. The molecule has 0 amide bonds. The fourth-order valence-corrected chi connectivity index (χ4v) is 2.22. The lowest BCUT2D eigenvalue weighted by Crippen LogP contribution is -1.90. The van der Waals surface area contributed by atoms with E-state index in [2.05, 4.69) is 64.4 Å². The van der Waals surface area contributed by atoms with E-state index >= 15 is 0 Å². The lowest BCUT2D eigenvalue weighted by molar-refractivity contribution is 0.384. The van der Waals surface area contributed by atoms with Gasteiger partial charge in [-0.25, -0.2) is 9.97 Å². The first-order chi connectivity index (χ1) is 11.0. The van der Waals surface area contributed by atoms with Crippen LogP contribution in [-0.4, -0.2) is 41.3 Å². The minimum atomic E-state index is 0.118. The van der Waals surface area contributed by atoms with Gasteiger partial charge in [0.05, 0.1) is 42.7 Å². The number of halogens is 3. The highest BCUT2D eigenvalue weighted by Gasteiger charge is 2.01. The van der Waals surface area contributed by atoms with E-state index in [1.54, 1.807) is 26.5 Å². The molecule has 0 atom stereocenters. The van der Waals surface area contributed by atoms with Crippen LogP contribution in [0.5, 0.6) is 23.3 Å². The predicted molar refractivity (Wildman–Crippen MR) is 105 cm³/mol. The summed E-state index contributed by atoms with van der Waals surface area (Å²) in [6, 6.07) is 3.32. The number of ether oxygens (including phenoxy) is 3. The number of hydrogen-bond acceptors (Lipinski definition) is 6. The number of rotatable bonds is 3. The van der Waals surface area contributed by atoms with Gasteiger partial charge in [-0.05, 0) is 36.8 Å². The fraction of sp³-hybridized carbons (Fsp3) is 0.286. The number of aromatic hydroxyl groups is 1. The molecular formula is C14H17Br2IN2O4. The molecule has 0 aliphatic carbocycles. The molecule has 0 fully saturated rings. The maximum atomic E-state index is 8.88. The molecule has 1 N–H and O–H groups in total. The highest BCUT2D eigenvalue weighted by molar-refractivity contribution is 14.1. The van der Waals surface area contributed by atoms with Crippen molar-refractivity contribution in [1.82, 2.24) is 9.97 Å². The van der Waals surface area contributed by atoms with E-state index in [0.717, 1.165) is 4.47 Å². The summed E-state index contributed by atoms with van der Waals surface area (Å²) in [5, 5.41) is 8.88. The Balaban J connectivity index is 0.000000381. The smallest absolute Gasteiger partial charge is 0.227 e. The van der Waals surface area contributed by atoms with Crippen molar-refractivity contribution in [2.45, 2.75) is 0 Å². The van der Waals surface area contributed by atoms with Crippen LogP contribution in [0.2, 0.25) is 0 Å². The fourth-order valence-electron chi connectivity index (χ4n) is 1.24. The number of nitrogens with zero attached hydrogens (tertiary/aromatic N) is 2. The summed E-state index contributed by atoms with van der Waals surface area (Å²) in [6.07, 6.45) is 2.92. The number of aromatic nitrogens is 2. The van der Waals surface area contributed by atoms with Crippen LogP contribution in [-0.2, 0) is 0 Å². The summed E-state index contributed by atoms with van der Waals surface area (Å²) in [6.45, 7) is 0. The van der Waals surface area contributed by atoms with Crippen molar-refractivity contribution in [3.8, 4) is 23.3 Å². The molecule has 6 nitrogen and oxygen atoms in total. The van der Waals surface area contributed by atoms with Crippen LogP contribution in [0, 0.1) is 0 Å². The van der Waals surface area contributed by atoms with E-state index in [1.807, 2.05) is 4.93 Å². The summed E-state index contributed by atoms with van der Waals surface area (Å²) < 4.78 is 16.1. The molecule has 2 rings (SSSR count). The van der Waals surface area contributed by atoms with Crippen LogP contribution >= 0.6 is 54.5 Å². The monoisotopic (exact) mass is 562 g/mol. The molecule has 0 aromatic carbocycles. The Morgan fingerprint density at radius 3 is 1.74 bits per heavy atom. The summed E-state index contributed by atoms with van der Waals surface area (Å²) in [4.78, 5) is 9.72. The van der Waals surface area contributed by atoms with Crippen molar-refractivity contribution in [1.29, 1.82) is 0 Å². The van der Waals surface area contributed by atoms with Gasteiger partial charge in [-0.2, -0.15) is 0 Å². The van der Waals surface area contributed by atoms with Crippen molar-refractivity contribution in [2.75, 3.05) is 26.3 Å². The van der Waals surface area contributed by atoms with Crippen molar-refractivity contribution in [3.05, 3.63) is 33.5 Å². The van der Waals surface area contributed by atoms with Crippen LogP contribution < -0.4 is 14.2 Å². The number of methoxy groups -OCH3 is 3. The van der Waals surface area contributed by atoms with Crippen LogP contribution in [0.15, 0.2) is 33.5 Å². The summed E-state index contributed by atoms with van der Waals surface area (Å²) in [5.74, 6) is 1.86. The van der Waals surface area contributed by atoms with E-state index in [9.17, 15) is 0 Å². The highest BCUT2D eigenvalue weighted by Crippen LogP contribution is 2.25. The molecule has 2 aromatic heterocycles. The predicted octanol–water partition coefficient (Wildman–Crippen LogP) is 4.47. The first-order valence-corrected chi connectivity index (χ1v) is 9.76. The van der Waals surface area contributed by atoms with E-state index in [0.29, 0.717) is 22.0 Å². The summed E-state index contributed by atoms with van der Waals surface area (Å²) in [5.41, 5.74) is 0. The Morgan fingerprint density at radius 1 is 0.870 bits per heavy atom. The minimum absolute atomic E-state index is 0.118. The van der Waals surface area contributed by atoms with Crippen molar-refractivity contribution < 1.29 is 19.3 Å². The SMILES string of the molecule is CI.COc1cnc(OC)c(Br)c1.COc1ncc(O)cc1Br. The molecule has 2 heterocycles. The Morgan fingerprint density at radius 2 is 1.35 bits per heavy atom. The summed E-state index contributed by atoms with van der Waals surface area (Å²) >= 11 is 8.59. The van der Waals surface area contributed by atoms with Crippen LogP contribution in [0.1, 0.15) is 0 Å². The zero-order valence-corrected chi connectivity index (χ0v) is 18.3. The molecule has 0 unspecified atom stereocenters. The number of alkyl halides is 1. The molecule has 0 bridgehead atoms. The van der Waals surface area contributed by atoms with E-state index in [1.165, 1.54) is 19.4 Å². The zero-order chi connectivity index (χ0) is 17.8. The van der Waals surface area contributed by atoms with Crippen LogP contribution in [0.3, 0.4) is 0 Å². The van der Waals surface area contributed by atoms with Crippen molar-refractivity contribution in [3.63, 3.8) is 0 Å². The molecule has 2 aromatic rings. The first-order valence-electron chi connectivity index (χ1n) is 6.01. The maximum absolute atomic E-state index is 8.88. The molecular weight excluding hydrogens is 547 g/mol. The average molecular weight is 564 g/mol. The lowest BCUT2D eigenvalue weighted by atomic mass is 10.4. The second kappa shape index (κ2) is 12.6. The third-order valence-electron chi connectivity index (χ3n) is 2.20. The second-order valence-electron chi connectivity index (χ2n) is 3.55. The van der Waals surface area contributed by atoms with Crippen molar-refractivity contribution in [2.24, 2.45) is 0 Å². The number of hydrogen-bond donors (Lipinski definition) is 1. The van der Waals surface area contributed by atoms with Gasteiger partial charge in [-0.3, -0.25) is 0 Å². The topological polar surface area (TPSA) is 73.7 Å². The molecule has 0 radical (unpaired) electrons. The molecule has 128 valence electrons. The maximum Gasteiger partial charge on any atom is 0.227 e. The van der Waals surface area contributed by atoms with Gasteiger partial charge in [0.1, 0.15) is 11.5 Å². The molecule has 0 aliphatic heterocycles. The zero-order valence-electron chi connectivity index (χ0n) is 13.0. The van der Waals surface area contributed by atoms with Gasteiger partial charge in [-0.15, -0.1) is 0 Å². The van der Waals surface area contributed by atoms with Crippen molar-refractivity contribution >= 4 is 54.5 Å². The second-order valence-corrected chi connectivity index (χ2v) is 5.26. The van der Waals surface area contributed by atoms with E-state index < -0.39 is 0 Å². The normalized spacial score (nSPS) is 8.83. The quantitative estimate of drug-likeness (QED) is 0.439. The third kappa shape index (κ3) is 8.02. The Labute approximate surface area is 166 Å². The molecule has 9 heteroatoms. The Bertz CT molecular complexity index is 603. The van der Waals surface area contributed by atoms with Gasteiger partial charge < -0.3 is 19.3 Å². The van der Waals surface area contributed by atoms with Gasteiger partial charge in [-0.1, -0.05) is 22.6 Å². The third-order valence-corrected chi connectivity index (χ3v) is 3.33. The van der Waals surface area contributed by atoms with Crippen LogP contribution in [0.25, 0.3) is 0 Å². The lowest BCUT2D eigenvalue weighted by Gasteiger charge is -2.03. The molecule has 23 heavy (non-hydrogen) atoms. The highest BCUT2D eigenvalue weighted by atomic mass is 127. The molecule has 0 saturated carbocycles. The van der Waals surface area contributed by atoms with Gasteiger partial charge in [0.25, 0.3) is 0 Å². The number of pyridine rings is 2. The molecule has 0 aliphatic rings. The Hall–Kier alpha value is -0.810. The molecule has 0 spiro atoms. The van der Waals surface area contributed by atoms with E-state index in [4.69, 9.17) is 19.3 Å². The first kappa shape index (κ1) is 22.2. The average Bonchev–Trinajstić information content (AvgIpc) is 2.57.